The summed E-state index contributed by atoms with van der Waals surface area (Å²) in [5.41, 5.74) is 7.61. The number of carbonyl (C=O) groups is 3. The van der Waals surface area contributed by atoms with E-state index in [4.69, 9.17) is 10.5 Å². The van der Waals surface area contributed by atoms with Gasteiger partial charge < -0.3 is 20.7 Å². The third kappa shape index (κ3) is 8.34. The van der Waals surface area contributed by atoms with Crippen molar-refractivity contribution in [2.24, 2.45) is 11.7 Å². The second kappa shape index (κ2) is 13.0. The quantitative estimate of drug-likeness (QED) is 0.316. The minimum Gasteiger partial charge on any atom is -0.444 e. The van der Waals surface area contributed by atoms with E-state index in [1.165, 1.54) is 18.3 Å². The molecule has 42 heavy (non-hydrogen) atoms. The summed E-state index contributed by atoms with van der Waals surface area (Å²) in [7, 11) is 0. The van der Waals surface area contributed by atoms with Crippen LogP contribution in [0.4, 0.5) is 19.3 Å². The Hall–Kier alpha value is -3.86. The minimum absolute atomic E-state index is 0.0488. The summed E-state index contributed by atoms with van der Waals surface area (Å²) in [6.45, 7) is 6.58. The van der Waals surface area contributed by atoms with Gasteiger partial charge in [-0.2, -0.15) is 0 Å². The van der Waals surface area contributed by atoms with Crippen molar-refractivity contribution in [1.82, 2.24) is 9.88 Å². The number of piperidine rings is 1. The van der Waals surface area contributed by atoms with Gasteiger partial charge in [0, 0.05) is 35.4 Å². The molecular weight excluding hydrogens is 610 g/mol. The number of nitrogens with zero attached hydrogens (tertiary/aromatic N) is 2. The van der Waals surface area contributed by atoms with Crippen LogP contribution in [0, 0.1) is 17.6 Å². The summed E-state index contributed by atoms with van der Waals surface area (Å²) < 4.78 is 33.3. The Morgan fingerprint density at radius 2 is 1.74 bits per heavy atom. The van der Waals surface area contributed by atoms with Crippen molar-refractivity contribution < 1.29 is 27.9 Å². The number of halogens is 3. The Bertz CT molecular complexity index is 1460. The number of carbonyl (C=O) groups excluding carboxylic acids is 3. The Balaban J connectivity index is 1.46. The normalized spacial score (nSPS) is 14.0. The molecule has 2 aromatic carbocycles. The summed E-state index contributed by atoms with van der Waals surface area (Å²) in [6.07, 6.45) is 3.12. The Labute approximate surface area is 251 Å². The van der Waals surface area contributed by atoms with Crippen molar-refractivity contribution in [3.8, 4) is 11.3 Å². The number of rotatable bonds is 7. The SMILES string of the molecule is CC(C)(C)OC(=O)N1CCC(Cc2cc(Br)cc(C(N)=O)c2NC(=O)Cc2ccc(-c3cc(F)cc(F)c3)nc2)CC1. The van der Waals surface area contributed by atoms with Gasteiger partial charge in [-0.1, -0.05) is 22.0 Å². The van der Waals surface area contributed by atoms with Gasteiger partial charge in [0.25, 0.3) is 5.91 Å². The molecule has 3 amide bonds. The zero-order valence-corrected chi connectivity index (χ0v) is 25.3. The van der Waals surface area contributed by atoms with E-state index in [2.05, 4.69) is 26.2 Å². The second-order valence-electron chi connectivity index (χ2n) is 11.4. The number of amides is 3. The molecule has 11 heteroatoms. The molecule has 0 unspecified atom stereocenters. The predicted molar refractivity (Wildman–Crippen MR) is 159 cm³/mol. The van der Waals surface area contributed by atoms with E-state index in [0.717, 1.165) is 24.5 Å². The van der Waals surface area contributed by atoms with Crippen molar-refractivity contribution in [2.45, 2.75) is 52.1 Å². The first-order valence-electron chi connectivity index (χ1n) is 13.6. The van der Waals surface area contributed by atoms with Gasteiger partial charge in [0.05, 0.1) is 23.4 Å². The maximum Gasteiger partial charge on any atom is 0.410 e. The first-order chi connectivity index (χ1) is 19.8. The average molecular weight is 644 g/mol. The highest BCUT2D eigenvalue weighted by Crippen LogP contribution is 2.32. The van der Waals surface area contributed by atoms with Crippen LogP contribution in [0.3, 0.4) is 0 Å². The van der Waals surface area contributed by atoms with E-state index in [1.807, 2.05) is 26.8 Å². The highest BCUT2D eigenvalue weighted by atomic mass is 79.9. The third-order valence-corrected chi connectivity index (χ3v) is 7.30. The van der Waals surface area contributed by atoms with E-state index >= 15 is 0 Å². The monoisotopic (exact) mass is 642 g/mol. The number of ether oxygens (including phenoxy) is 1. The number of hydrogen-bond acceptors (Lipinski definition) is 5. The van der Waals surface area contributed by atoms with Gasteiger partial charge in [-0.15, -0.1) is 0 Å². The predicted octanol–water partition coefficient (Wildman–Crippen LogP) is 6.26. The Morgan fingerprint density at radius 1 is 1.07 bits per heavy atom. The van der Waals surface area contributed by atoms with Crippen LogP contribution >= 0.6 is 15.9 Å². The summed E-state index contributed by atoms with van der Waals surface area (Å²) in [5, 5.41) is 2.87. The molecule has 1 aliphatic heterocycles. The van der Waals surface area contributed by atoms with Gasteiger partial charge in [0.2, 0.25) is 5.91 Å². The number of nitrogens with one attached hydrogen (secondary N) is 1. The number of hydrogen-bond donors (Lipinski definition) is 2. The zero-order valence-electron chi connectivity index (χ0n) is 23.7. The van der Waals surface area contributed by atoms with Crippen LogP contribution < -0.4 is 11.1 Å². The molecule has 0 radical (unpaired) electrons. The van der Waals surface area contributed by atoms with Gasteiger partial charge in [-0.25, -0.2) is 13.6 Å². The number of likely N-dealkylation sites (tertiary alicyclic amines) is 1. The molecule has 4 rings (SSSR count). The lowest BCUT2D eigenvalue weighted by Gasteiger charge is -2.33. The van der Waals surface area contributed by atoms with Gasteiger partial charge in [0.1, 0.15) is 17.2 Å². The van der Waals surface area contributed by atoms with Crippen LogP contribution in [0.25, 0.3) is 11.3 Å². The van der Waals surface area contributed by atoms with Crippen molar-refractivity contribution in [3.05, 3.63) is 81.5 Å². The highest BCUT2D eigenvalue weighted by molar-refractivity contribution is 9.10. The molecule has 8 nitrogen and oxygen atoms in total. The first-order valence-corrected chi connectivity index (χ1v) is 14.4. The molecule has 0 atom stereocenters. The average Bonchev–Trinajstić information content (AvgIpc) is 2.89. The van der Waals surface area contributed by atoms with Crippen LogP contribution in [-0.2, 0) is 22.4 Å². The molecule has 1 aromatic heterocycles. The van der Waals surface area contributed by atoms with Crippen molar-refractivity contribution >= 4 is 39.5 Å². The van der Waals surface area contributed by atoms with Crippen LogP contribution in [-0.4, -0.2) is 46.5 Å². The molecule has 1 fully saturated rings. The molecule has 3 N–H and O–H groups in total. The number of nitrogens with two attached hydrogens (primary N) is 1. The number of primary amides is 1. The second-order valence-corrected chi connectivity index (χ2v) is 12.3. The number of aromatic nitrogens is 1. The molecule has 3 aromatic rings. The fourth-order valence-electron chi connectivity index (χ4n) is 4.89. The summed E-state index contributed by atoms with van der Waals surface area (Å²) in [4.78, 5) is 43.8. The van der Waals surface area contributed by atoms with Gasteiger partial charge >= 0.3 is 6.09 Å². The maximum atomic E-state index is 13.6. The van der Waals surface area contributed by atoms with Crippen LogP contribution in [0.15, 0.2) is 53.1 Å². The molecule has 1 saturated heterocycles. The number of pyridine rings is 1. The lowest BCUT2D eigenvalue weighted by molar-refractivity contribution is -0.115. The Kier molecular flexibility index (Phi) is 9.60. The molecular formula is C31H33BrF2N4O4. The number of anilines is 1. The molecule has 222 valence electrons. The van der Waals surface area contributed by atoms with E-state index in [-0.39, 0.29) is 35.5 Å². The molecule has 0 spiro atoms. The maximum absolute atomic E-state index is 13.6. The summed E-state index contributed by atoms with van der Waals surface area (Å²) in [5.74, 6) is -2.27. The van der Waals surface area contributed by atoms with Gasteiger partial charge in [-0.05, 0) is 87.4 Å². The largest absolute Gasteiger partial charge is 0.444 e. The van der Waals surface area contributed by atoms with Gasteiger partial charge in [-0.3, -0.25) is 14.6 Å². The smallest absolute Gasteiger partial charge is 0.410 e. The minimum atomic E-state index is -0.709. The van der Waals surface area contributed by atoms with E-state index in [0.29, 0.717) is 40.9 Å². The van der Waals surface area contributed by atoms with Crippen molar-refractivity contribution in [3.63, 3.8) is 0 Å². The van der Waals surface area contributed by atoms with Crippen molar-refractivity contribution in [2.75, 3.05) is 18.4 Å². The standard InChI is InChI=1S/C31H33BrF2N4O4/c1-31(2,3)42-30(41)38-8-6-18(7-9-38)10-21-12-22(32)15-25(29(35)40)28(21)37-27(39)11-19-4-5-26(36-17-19)20-13-23(33)16-24(34)14-20/h4-5,12-18H,6-11H2,1-3H3,(H2,35,40)(H,37,39). The van der Waals surface area contributed by atoms with E-state index < -0.39 is 23.1 Å². The fraction of sp³-hybridized carbons (Fsp3) is 0.355. The fourth-order valence-corrected chi connectivity index (χ4v) is 5.40. The molecule has 2 heterocycles. The van der Waals surface area contributed by atoms with Crippen molar-refractivity contribution in [1.29, 1.82) is 0 Å². The Morgan fingerprint density at radius 3 is 2.31 bits per heavy atom. The summed E-state index contributed by atoms with van der Waals surface area (Å²) in [6, 6.07) is 9.81. The third-order valence-electron chi connectivity index (χ3n) is 6.84. The first kappa shape index (κ1) is 31.1. The molecule has 0 bridgehead atoms. The highest BCUT2D eigenvalue weighted by Gasteiger charge is 2.28. The van der Waals surface area contributed by atoms with E-state index in [1.54, 1.807) is 23.1 Å². The lowest BCUT2D eigenvalue weighted by Crippen LogP contribution is -2.42. The van der Waals surface area contributed by atoms with Crippen LogP contribution in [0.1, 0.15) is 55.1 Å². The zero-order chi connectivity index (χ0) is 30.6. The summed E-state index contributed by atoms with van der Waals surface area (Å²) >= 11 is 3.45. The molecule has 0 aliphatic carbocycles. The number of benzene rings is 2. The van der Waals surface area contributed by atoms with Gasteiger partial charge in [0.15, 0.2) is 0 Å². The molecule has 0 saturated carbocycles. The van der Waals surface area contributed by atoms with E-state index in [9.17, 15) is 23.2 Å². The van der Waals surface area contributed by atoms with Crippen LogP contribution in [0.2, 0.25) is 0 Å². The molecule has 1 aliphatic rings. The van der Waals surface area contributed by atoms with Crippen LogP contribution in [0.5, 0.6) is 0 Å². The topological polar surface area (TPSA) is 115 Å². The lowest BCUT2D eigenvalue weighted by atomic mass is 9.88.